The Hall–Kier alpha value is -1.93. The number of hydrogen-bond donors (Lipinski definition) is 0. The Morgan fingerprint density at radius 3 is 2.96 bits per heavy atom. The van der Waals surface area contributed by atoms with Gasteiger partial charge in [0.15, 0.2) is 5.78 Å². The standard InChI is InChI=1S/C16H16F2N2O3S/c1-8(21)13-5-12(14-6-19-9(2)24-14)11-4-3-10(7-22-16(17)18)23-15(11)20-13/h5-6,10,16H,3-4,7H2,1-2H3/t10-/m0/s1. The van der Waals surface area contributed by atoms with E-state index < -0.39 is 12.7 Å². The van der Waals surface area contributed by atoms with E-state index in [0.717, 1.165) is 21.0 Å². The van der Waals surface area contributed by atoms with Gasteiger partial charge in [-0.3, -0.25) is 4.79 Å². The largest absolute Gasteiger partial charge is 0.472 e. The smallest absolute Gasteiger partial charge is 0.345 e. The summed E-state index contributed by atoms with van der Waals surface area (Å²) in [5.74, 6) is 0.132. The number of alkyl halides is 2. The van der Waals surface area contributed by atoms with Crippen LogP contribution in [0.3, 0.4) is 0 Å². The van der Waals surface area contributed by atoms with Gasteiger partial charge in [-0.25, -0.2) is 9.97 Å². The predicted molar refractivity (Wildman–Crippen MR) is 84.8 cm³/mol. The number of Topliss-reactive ketones (excluding diaryl/α,β-unsaturated/α-hetero) is 1. The van der Waals surface area contributed by atoms with Crippen LogP contribution >= 0.6 is 11.3 Å². The van der Waals surface area contributed by atoms with E-state index in [-0.39, 0.29) is 18.1 Å². The minimum absolute atomic E-state index is 0.185. The van der Waals surface area contributed by atoms with Crippen molar-refractivity contribution >= 4 is 17.1 Å². The number of ether oxygens (including phenoxy) is 2. The van der Waals surface area contributed by atoms with Gasteiger partial charge in [-0.15, -0.1) is 11.3 Å². The second-order valence-corrected chi connectivity index (χ2v) is 6.75. The Balaban J connectivity index is 1.96. The lowest BCUT2D eigenvalue weighted by molar-refractivity contribution is -0.146. The SMILES string of the molecule is CC(=O)c1cc(-c2cnc(C)s2)c2c(n1)O[C@H](COC(F)F)CC2. The number of halogens is 2. The molecule has 0 unspecified atom stereocenters. The maximum Gasteiger partial charge on any atom is 0.345 e. The number of carbonyl (C=O) groups is 1. The summed E-state index contributed by atoms with van der Waals surface area (Å²) in [7, 11) is 0. The second kappa shape index (κ2) is 6.90. The minimum Gasteiger partial charge on any atom is -0.472 e. The molecule has 0 fully saturated rings. The van der Waals surface area contributed by atoms with Crippen LogP contribution in [0.5, 0.6) is 5.88 Å². The molecular weight excluding hydrogens is 338 g/mol. The van der Waals surface area contributed by atoms with Gasteiger partial charge in [-0.05, 0) is 25.8 Å². The summed E-state index contributed by atoms with van der Waals surface area (Å²) in [6, 6.07) is 1.74. The molecule has 0 saturated carbocycles. The lowest BCUT2D eigenvalue weighted by atomic mass is 9.98. The van der Waals surface area contributed by atoms with E-state index >= 15 is 0 Å². The van der Waals surface area contributed by atoms with Gasteiger partial charge in [-0.2, -0.15) is 8.78 Å². The number of pyridine rings is 1. The maximum atomic E-state index is 12.2. The van der Waals surface area contributed by atoms with E-state index in [1.54, 1.807) is 12.3 Å². The summed E-state index contributed by atoms with van der Waals surface area (Å²) in [5.41, 5.74) is 2.02. The van der Waals surface area contributed by atoms with Crippen LogP contribution in [0.15, 0.2) is 12.3 Å². The molecule has 2 aromatic rings. The first-order chi connectivity index (χ1) is 11.4. The minimum atomic E-state index is -2.83. The molecule has 0 N–H and O–H groups in total. The molecule has 5 nitrogen and oxygen atoms in total. The van der Waals surface area contributed by atoms with E-state index in [1.165, 1.54) is 18.3 Å². The number of ketones is 1. The Labute approximate surface area is 141 Å². The van der Waals surface area contributed by atoms with Crippen LogP contribution in [0, 0.1) is 6.92 Å². The highest BCUT2D eigenvalue weighted by Crippen LogP contribution is 2.37. The number of fused-ring (bicyclic) bond motifs is 1. The highest BCUT2D eigenvalue weighted by atomic mass is 32.1. The third kappa shape index (κ3) is 3.59. The summed E-state index contributed by atoms with van der Waals surface area (Å²) in [4.78, 5) is 21.2. The summed E-state index contributed by atoms with van der Waals surface area (Å²) in [6.07, 6.45) is 2.42. The van der Waals surface area contributed by atoms with Crippen molar-refractivity contribution in [2.75, 3.05) is 6.61 Å². The average Bonchev–Trinajstić information content (AvgIpc) is 2.97. The van der Waals surface area contributed by atoms with Crippen LogP contribution in [-0.4, -0.2) is 35.1 Å². The third-order valence-electron chi connectivity index (χ3n) is 3.74. The molecule has 8 heteroatoms. The van der Waals surface area contributed by atoms with Crippen LogP contribution in [0.2, 0.25) is 0 Å². The first-order valence-electron chi connectivity index (χ1n) is 7.48. The first kappa shape index (κ1) is 16.9. The fourth-order valence-corrected chi connectivity index (χ4v) is 3.41. The molecule has 1 aliphatic rings. The molecule has 128 valence electrons. The van der Waals surface area contributed by atoms with Gasteiger partial charge in [0, 0.05) is 24.2 Å². The van der Waals surface area contributed by atoms with Crippen molar-refractivity contribution in [3.8, 4) is 16.3 Å². The van der Waals surface area contributed by atoms with E-state index in [0.29, 0.717) is 18.7 Å². The molecule has 24 heavy (non-hydrogen) atoms. The number of aromatic nitrogens is 2. The topological polar surface area (TPSA) is 61.3 Å². The summed E-state index contributed by atoms with van der Waals surface area (Å²) < 4.78 is 34.4. The van der Waals surface area contributed by atoms with E-state index in [1.807, 2.05) is 6.92 Å². The van der Waals surface area contributed by atoms with Gasteiger partial charge in [0.05, 0.1) is 16.5 Å². The van der Waals surface area contributed by atoms with Crippen molar-refractivity contribution in [1.29, 1.82) is 0 Å². The molecule has 2 aromatic heterocycles. The Morgan fingerprint density at radius 1 is 1.54 bits per heavy atom. The Bertz CT molecular complexity index is 764. The fourth-order valence-electron chi connectivity index (χ4n) is 2.59. The van der Waals surface area contributed by atoms with Crippen molar-refractivity contribution < 1.29 is 23.0 Å². The summed E-state index contributed by atoms with van der Waals surface area (Å²) in [6.45, 7) is 0.290. The maximum absolute atomic E-state index is 12.2. The van der Waals surface area contributed by atoms with Crippen LogP contribution in [-0.2, 0) is 11.2 Å². The molecule has 0 bridgehead atoms. The molecule has 0 aliphatic carbocycles. The molecule has 3 rings (SSSR count). The fraction of sp³-hybridized carbons (Fsp3) is 0.438. The number of aryl methyl sites for hydroxylation is 1. The van der Waals surface area contributed by atoms with Gasteiger partial charge < -0.3 is 9.47 Å². The normalized spacial score (nSPS) is 16.8. The molecule has 1 aliphatic heterocycles. The number of hydrogen-bond acceptors (Lipinski definition) is 6. The zero-order chi connectivity index (χ0) is 17.3. The zero-order valence-electron chi connectivity index (χ0n) is 13.2. The van der Waals surface area contributed by atoms with Crippen LogP contribution in [0.4, 0.5) is 8.78 Å². The van der Waals surface area contributed by atoms with Gasteiger partial charge in [0.1, 0.15) is 11.8 Å². The summed E-state index contributed by atoms with van der Waals surface area (Å²) in [5, 5.41) is 0.917. The molecule has 0 spiro atoms. The Morgan fingerprint density at radius 2 is 2.33 bits per heavy atom. The van der Waals surface area contributed by atoms with E-state index in [2.05, 4.69) is 14.7 Å². The van der Waals surface area contributed by atoms with E-state index in [9.17, 15) is 13.6 Å². The monoisotopic (exact) mass is 354 g/mol. The second-order valence-electron chi connectivity index (χ2n) is 5.51. The number of nitrogens with zero attached hydrogens (tertiary/aromatic N) is 2. The van der Waals surface area contributed by atoms with Crippen molar-refractivity contribution in [2.45, 2.75) is 39.4 Å². The van der Waals surface area contributed by atoms with Gasteiger partial charge in [0.2, 0.25) is 5.88 Å². The van der Waals surface area contributed by atoms with Crippen molar-refractivity contribution in [3.05, 3.63) is 28.5 Å². The quantitative estimate of drug-likeness (QED) is 0.767. The predicted octanol–water partition coefficient (Wildman–Crippen LogP) is 3.65. The number of carbonyl (C=O) groups excluding carboxylic acids is 1. The number of thiazole rings is 1. The van der Waals surface area contributed by atoms with Gasteiger partial charge in [0.25, 0.3) is 0 Å². The van der Waals surface area contributed by atoms with Gasteiger partial charge in [-0.1, -0.05) is 0 Å². The number of rotatable bonds is 5. The highest BCUT2D eigenvalue weighted by molar-refractivity contribution is 7.15. The van der Waals surface area contributed by atoms with Crippen molar-refractivity contribution in [2.24, 2.45) is 0 Å². The molecule has 0 saturated heterocycles. The highest BCUT2D eigenvalue weighted by Gasteiger charge is 2.27. The van der Waals surface area contributed by atoms with Crippen LogP contribution < -0.4 is 4.74 Å². The van der Waals surface area contributed by atoms with Crippen molar-refractivity contribution in [1.82, 2.24) is 9.97 Å². The Kier molecular flexibility index (Phi) is 4.86. The average molecular weight is 354 g/mol. The van der Waals surface area contributed by atoms with Crippen LogP contribution in [0.1, 0.15) is 34.4 Å². The van der Waals surface area contributed by atoms with E-state index in [4.69, 9.17) is 4.74 Å². The molecule has 0 aromatic carbocycles. The molecule has 1 atom stereocenters. The zero-order valence-corrected chi connectivity index (χ0v) is 14.0. The lowest BCUT2D eigenvalue weighted by Crippen LogP contribution is -2.29. The molecular formula is C16H16F2N2O3S. The molecule has 0 amide bonds. The third-order valence-corrected chi connectivity index (χ3v) is 4.68. The molecule has 0 radical (unpaired) electrons. The van der Waals surface area contributed by atoms with Crippen molar-refractivity contribution in [3.63, 3.8) is 0 Å². The summed E-state index contributed by atoms with van der Waals surface area (Å²) >= 11 is 1.52. The van der Waals surface area contributed by atoms with Gasteiger partial charge >= 0.3 is 6.61 Å². The van der Waals surface area contributed by atoms with Crippen LogP contribution in [0.25, 0.3) is 10.4 Å². The molecule has 3 heterocycles. The lowest BCUT2D eigenvalue weighted by Gasteiger charge is -2.26. The first-order valence-corrected chi connectivity index (χ1v) is 8.29.